The molecule has 0 bridgehead atoms. The Morgan fingerprint density at radius 3 is 2.39 bits per heavy atom. The van der Waals surface area contributed by atoms with Gasteiger partial charge in [-0.3, -0.25) is 9.69 Å². The molecular formula is C20H21ClF3N3O. The number of piperazine rings is 1. The molecule has 0 unspecified atom stereocenters. The molecule has 1 aliphatic heterocycles. The van der Waals surface area contributed by atoms with E-state index in [0.717, 1.165) is 11.8 Å². The van der Waals surface area contributed by atoms with E-state index in [2.05, 4.69) is 10.2 Å². The molecule has 1 saturated heterocycles. The van der Waals surface area contributed by atoms with E-state index in [0.29, 0.717) is 31.2 Å². The van der Waals surface area contributed by atoms with E-state index in [-0.39, 0.29) is 5.69 Å². The number of nitrogens with one attached hydrogen (secondary N) is 1. The molecule has 2 aromatic carbocycles. The standard InChI is InChI=1S/C20H21ClF3N3O/c1-14(19(28)25-18-8-3-2-7-17(18)20(22,23)24)26-9-11-27(12-10-26)16-6-4-5-15(21)13-16/h2-8,13-14H,9-12H2,1H3,(H,25,28)/t14-/m0/s1. The summed E-state index contributed by atoms with van der Waals surface area (Å²) < 4.78 is 39.3. The van der Waals surface area contributed by atoms with E-state index in [1.165, 1.54) is 18.2 Å². The van der Waals surface area contributed by atoms with Crippen molar-refractivity contribution in [1.82, 2.24) is 4.90 Å². The van der Waals surface area contributed by atoms with Gasteiger partial charge in [-0.25, -0.2) is 0 Å². The molecule has 8 heteroatoms. The number of hydrogen-bond acceptors (Lipinski definition) is 3. The van der Waals surface area contributed by atoms with E-state index in [1.54, 1.807) is 6.92 Å². The van der Waals surface area contributed by atoms with Crippen LogP contribution >= 0.6 is 11.6 Å². The number of halogens is 4. The highest BCUT2D eigenvalue weighted by atomic mass is 35.5. The second-order valence-corrected chi connectivity index (χ2v) is 7.15. The highest BCUT2D eigenvalue weighted by Gasteiger charge is 2.34. The fourth-order valence-corrected chi connectivity index (χ4v) is 3.47. The molecule has 0 saturated carbocycles. The van der Waals surface area contributed by atoms with E-state index in [4.69, 9.17) is 11.6 Å². The van der Waals surface area contributed by atoms with Gasteiger partial charge >= 0.3 is 6.18 Å². The van der Waals surface area contributed by atoms with Crippen LogP contribution in [0.4, 0.5) is 24.5 Å². The van der Waals surface area contributed by atoms with Crippen molar-refractivity contribution in [2.75, 3.05) is 36.4 Å². The topological polar surface area (TPSA) is 35.6 Å². The second kappa shape index (κ2) is 8.41. The van der Waals surface area contributed by atoms with Crippen LogP contribution in [0, 0.1) is 0 Å². The summed E-state index contributed by atoms with van der Waals surface area (Å²) in [7, 11) is 0. The molecule has 1 aliphatic rings. The largest absolute Gasteiger partial charge is 0.418 e. The van der Waals surface area contributed by atoms with E-state index >= 15 is 0 Å². The molecule has 2 aromatic rings. The molecule has 1 amide bonds. The lowest BCUT2D eigenvalue weighted by Crippen LogP contribution is -2.52. The van der Waals surface area contributed by atoms with Crippen LogP contribution in [0.25, 0.3) is 0 Å². The zero-order valence-corrected chi connectivity index (χ0v) is 16.1. The zero-order chi connectivity index (χ0) is 20.3. The predicted octanol–water partition coefficient (Wildman–Crippen LogP) is 4.51. The molecule has 28 heavy (non-hydrogen) atoms. The van der Waals surface area contributed by atoms with Crippen LogP contribution in [0.1, 0.15) is 12.5 Å². The average Bonchev–Trinajstić information content (AvgIpc) is 2.67. The number of rotatable bonds is 4. The Balaban J connectivity index is 1.61. The Kier molecular flexibility index (Phi) is 6.15. The van der Waals surface area contributed by atoms with Crippen LogP contribution in [0.15, 0.2) is 48.5 Å². The maximum atomic E-state index is 13.1. The molecule has 0 radical (unpaired) electrons. The molecule has 1 N–H and O–H groups in total. The minimum absolute atomic E-state index is 0.218. The van der Waals surface area contributed by atoms with Crippen LogP contribution in [0.2, 0.25) is 5.02 Å². The molecule has 4 nitrogen and oxygen atoms in total. The first-order valence-corrected chi connectivity index (χ1v) is 9.35. The van der Waals surface area contributed by atoms with Gasteiger partial charge in [0.15, 0.2) is 0 Å². The Morgan fingerprint density at radius 2 is 1.75 bits per heavy atom. The maximum Gasteiger partial charge on any atom is 0.418 e. The Labute approximate surface area is 166 Å². The molecule has 1 heterocycles. The molecule has 0 aromatic heterocycles. The Bertz CT molecular complexity index is 835. The van der Waals surface area contributed by atoms with E-state index in [1.807, 2.05) is 29.2 Å². The summed E-state index contributed by atoms with van der Waals surface area (Å²) in [5.41, 5.74) is -0.0471. The lowest BCUT2D eigenvalue weighted by Gasteiger charge is -2.38. The molecule has 0 spiro atoms. The Hall–Kier alpha value is -2.25. The highest BCUT2D eigenvalue weighted by molar-refractivity contribution is 6.30. The maximum absolute atomic E-state index is 13.1. The third-order valence-electron chi connectivity index (χ3n) is 4.91. The third-order valence-corrected chi connectivity index (χ3v) is 5.14. The number of amides is 1. The van der Waals surface area contributed by atoms with Gasteiger partial charge in [0.05, 0.1) is 17.3 Å². The molecule has 1 fully saturated rings. The van der Waals surface area contributed by atoms with Crippen LogP contribution in [-0.2, 0) is 11.0 Å². The van der Waals surface area contributed by atoms with E-state index in [9.17, 15) is 18.0 Å². The minimum atomic E-state index is -4.52. The van der Waals surface area contributed by atoms with Gasteiger partial charge in [0.1, 0.15) is 0 Å². The van der Waals surface area contributed by atoms with Crippen LogP contribution in [0.5, 0.6) is 0 Å². The van der Waals surface area contributed by atoms with Crippen molar-refractivity contribution in [3.8, 4) is 0 Å². The van der Waals surface area contributed by atoms with Gasteiger partial charge in [0, 0.05) is 36.9 Å². The van der Waals surface area contributed by atoms with Gasteiger partial charge in [-0.2, -0.15) is 13.2 Å². The summed E-state index contributed by atoms with van der Waals surface area (Å²) in [6.45, 7) is 4.37. The first-order chi connectivity index (χ1) is 13.3. The van der Waals surface area contributed by atoms with Crippen LogP contribution in [-0.4, -0.2) is 43.0 Å². The smallest absolute Gasteiger partial charge is 0.369 e. The Morgan fingerprint density at radius 1 is 1.07 bits per heavy atom. The van der Waals surface area contributed by atoms with Crippen molar-refractivity contribution in [3.63, 3.8) is 0 Å². The number of carbonyl (C=O) groups is 1. The van der Waals surface area contributed by atoms with Gasteiger partial charge in [0.2, 0.25) is 5.91 Å². The van der Waals surface area contributed by atoms with Crippen molar-refractivity contribution in [2.45, 2.75) is 19.1 Å². The average molecular weight is 412 g/mol. The number of alkyl halides is 3. The SMILES string of the molecule is C[C@@H](C(=O)Nc1ccccc1C(F)(F)F)N1CCN(c2cccc(Cl)c2)CC1. The van der Waals surface area contributed by atoms with Crippen LogP contribution < -0.4 is 10.2 Å². The molecule has 3 rings (SSSR count). The minimum Gasteiger partial charge on any atom is -0.369 e. The summed E-state index contributed by atoms with van der Waals surface area (Å²) in [5.74, 6) is -0.451. The summed E-state index contributed by atoms with van der Waals surface area (Å²) in [6.07, 6.45) is -4.52. The molecule has 1 atom stereocenters. The number of hydrogen-bond donors (Lipinski definition) is 1. The van der Waals surface area contributed by atoms with Crippen molar-refractivity contribution >= 4 is 28.9 Å². The second-order valence-electron chi connectivity index (χ2n) is 6.71. The number of para-hydroxylation sites is 1. The van der Waals surface area contributed by atoms with Gasteiger partial charge < -0.3 is 10.2 Å². The lowest BCUT2D eigenvalue weighted by molar-refractivity contribution is -0.137. The first-order valence-electron chi connectivity index (χ1n) is 8.97. The molecule has 0 aliphatic carbocycles. The fraction of sp³-hybridized carbons (Fsp3) is 0.350. The zero-order valence-electron chi connectivity index (χ0n) is 15.3. The van der Waals surface area contributed by atoms with Gasteiger partial charge in [-0.05, 0) is 37.3 Å². The molecule has 150 valence electrons. The number of anilines is 2. The van der Waals surface area contributed by atoms with E-state index < -0.39 is 23.7 Å². The van der Waals surface area contributed by atoms with Gasteiger partial charge in [0.25, 0.3) is 0 Å². The quantitative estimate of drug-likeness (QED) is 0.804. The normalized spacial score (nSPS) is 16.7. The number of carbonyl (C=O) groups excluding carboxylic acids is 1. The van der Waals surface area contributed by atoms with Crippen molar-refractivity contribution in [3.05, 3.63) is 59.1 Å². The summed E-state index contributed by atoms with van der Waals surface area (Å²) in [6, 6.07) is 12.0. The monoisotopic (exact) mass is 411 g/mol. The van der Waals surface area contributed by atoms with Gasteiger partial charge in [-0.15, -0.1) is 0 Å². The number of benzene rings is 2. The predicted molar refractivity (Wildman–Crippen MR) is 105 cm³/mol. The summed E-state index contributed by atoms with van der Waals surface area (Å²) >= 11 is 6.04. The number of nitrogens with zero attached hydrogens (tertiary/aromatic N) is 2. The summed E-state index contributed by atoms with van der Waals surface area (Å²) in [4.78, 5) is 16.7. The molecular weight excluding hydrogens is 391 g/mol. The lowest BCUT2D eigenvalue weighted by atomic mass is 10.1. The van der Waals surface area contributed by atoms with Gasteiger partial charge in [-0.1, -0.05) is 29.8 Å². The highest BCUT2D eigenvalue weighted by Crippen LogP contribution is 2.34. The fourth-order valence-electron chi connectivity index (χ4n) is 3.28. The van der Waals surface area contributed by atoms with Crippen molar-refractivity contribution in [1.29, 1.82) is 0 Å². The first kappa shape index (κ1) is 20.5. The third kappa shape index (κ3) is 4.77. The van der Waals surface area contributed by atoms with Crippen LogP contribution in [0.3, 0.4) is 0 Å². The van der Waals surface area contributed by atoms with Crippen molar-refractivity contribution < 1.29 is 18.0 Å². The summed E-state index contributed by atoms with van der Waals surface area (Å²) in [5, 5.41) is 3.10. The van der Waals surface area contributed by atoms with Crippen molar-refractivity contribution in [2.24, 2.45) is 0 Å².